The summed E-state index contributed by atoms with van der Waals surface area (Å²) in [5.41, 5.74) is 0. The predicted octanol–water partition coefficient (Wildman–Crippen LogP) is 3.79. The monoisotopic (exact) mass is 294 g/mol. The molecule has 0 aromatic carbocycles. The molecule has 0 saturated heterocycles. The summed E-state index contributed by atoms with van der Waals surface area (Å²) in [6.07, 6.45) is 2.06. The van der Waals surface area contributed by atoms with Gasteiger partial charge in [0.1, 0.15) is 0 Å². The fraction of sp³-hybridized carbons (Fsp3) is 1.00. The van der Waals surface area contributed by atoms with Crippen LogP contribution in [0.2, 0.25) is 0 Å². The van der Waals surface area contributed by atoms with Gasteiger partial charge in [0.05, 0.1) is 6.61 Å². The van der Waals surface area contributed by atoms with Crippen LogP contribution in [-0.2, 0) is 14.6 Å². The molecule has 5 heteroatoms. The highest BCUT2D eigenvalue weighted by molar-refractivity contribution is 7.80. The van der Waals surface area contributed by atoms with Gasteiger partial charge in [0.2, 0.25) is 0 Å². The Morgan fingerprint density at radius 3 is 1.53 bits per heavy atom. The summed E-state index contributed by atoms with van der Waals surface area (Å²) in [5, 5.41) is 0. The lowest BCUT2D eigenvalue weighted by atomic mass is 9.77. The molecule has 0 heterocycles. The first-order valence-corrected chi connectivity index (χ1v) is 8.51. The first kappa shape index (κ1) is 18.9. The van der Waals surface area contributed by atoms with Crippen LogP contribution in [0.1, 0.15) is 54.4 Å². The highest BCUT2D eigenvalue weighted by atomic mass is 32.3. The Labute approximate surface area is 118 Å². The lowest BCUT2D eigenvalue weighted by molar-refractivity contribution is 0.120. The average Bonchev–Trinajstić information content (AvgIpc) is 2.12. The minimum atomic E-state index is -4.34. The van der Waals surface area contributed by atoms with E-state index in [0.29, 0.717) is 23.7 Å². The van der Waals surface area contributed by atoms with Crippen LogP contribution in [0.15, 0.2) is 0 Å². The summed E-state index contributed by atoms with van der Waals surface area (Å²) in [5.74, 6) is 2.02. The molecule has 0 saturated carbocycles. The van der Waals surface area contributed by atoms with Gasteiger partial charge in [-0.15, -0.1) is 0 Å². The molecule has 0 aliphatic carbocycles. The van der Waals surface area contributed by atoms with E-state index in [1.807, 2.05) is 0 Å². The second-order valence-electron chi connectivity index (χ2n) is 6.59. The molecule has 0 bridgehead atoms. The van der Waals surface area contributed by atoms with E-state index in [-0.39, 0.29) is 12.5 Å². The lowest BCUT2D eigenvalue weighted by Gasteiger charge is -2.31. The summed E-state index contributed by atoms with van der Waals surface area (Å²) in [4.78, 5) is 0. The van der Waals surface area contributed by atoms with Gasteiger partial charge >= 0.3 is 10.4 Å². The Hall–Kier alpha value is -0.130. The van der Waals surface area contributed by atoms with Gasteiger partial charge in [0, 0.05) is 0 Å². The molecular weight excluding hydrogens is 264 g/mol. The molecule has 0 amide bonds. The van der Waals surface area contributed by atoms with E-state index in [1.165, 1.54) is 0 Å². The molecule has 0 aromatic heterocycles. The average molecular weight is 294 g/mol. The van der Waals surface area contributed by atoms with Crippen molar-refractivity contribution >= 4 is 10.4 Å². The van der Waals surface area contributed by atoms with Gasteiger partial charge in [0.25, 0.3) is 0 Å². The van der Waals surface area contributed by atoms with Crippen molar-refractivity contribution in [3.63, 3.8) is 0 Å². The molecule has 0 aliphatic heterocycles. The van der Waals surface area contributed by atoms with Gasteiger partial charge in [-0.05, 0) is 42.4 Å². The van der Waals surface area contributed by atoms with Gasteiger partial charge in [-0.25, -0.2) is 4.18 Å². The first-order chi connectivity index (χ1) is 8.53. The normalized spacial score (nSPS) is 17.7. The van der Waals surface area contributed by atoms with Crippen molar-refractivity contribution in [1.29, 1.82) is 0 Å². The summed E-state index contributed by atoms with van der Waals surface area (Å²) in [7, 11) is -4.34. The van der Waals surface area contributed by atoms with E-state index in [4.69, 9.17) is 4.55 Å². The van der Waals surface area contributed by atoms with Crippen LogP contribution < -0.4 is 0 Å². The first-order valence-electron chi connectivity index (χ1n) is 7.14. The summed E-state index contributed by atoms with van der Waals surface area (Å²) in [6, 6.07) is 0. The smallest absolute Gasteiger partial charge is 0.264 e. The molecule has 1 N–H and O–H groups in total. The van der Waals surface area contributed by atoms with Crippen LogP contribution in [0.3, 0.4) is 0 Å². The minimum absolute atomic E-state index is 0.0700. The van der Waals surface area contributed by atoms with E-state index >= 15 is 0 Å². The quantitative estimate of drug-likeness (QED) is 0.657. The molecular formula is C14H30O4S. The number of rotatable bonds is 9. The van der Waals surface area contributed by atoms with Crippen LogP contribution in [0.5, 0.6) is 0 Å². The Kier molecular flexibility index (Phi) is 8.17. The van der Waals surface area contributed by atoms with Crippen molar-refractivity contribution in [3.8, 4) is 0 Å². The Balaban J connectivity index is 4.71. The van der Waals surface area contributed by atoms with E-state index in [2.05, 4.69) is 45.7 Å². The van der Waals surface area contributed by atoms with E-state index in [9.17, 15) is 8.42 Å². The lowest BCUT2D eigenvalue weighted by Crippen LogP contribution is -2.28. The van der Waals surface area contributed by atoms with Crippen LogP contribution in [0.4, 0.5) is 0 Å². The van der Waals surface area contributed by atoms with Crippen molar-refractivity contribution in [2.24, 2.45) is 29.6 Å². The third kappa shape index (κ3) is 9.41. The highest BCUT2D eigenvalue weighted by Crippen LogP contribution is 2.31. The topological polar surface area (TPSA) is 63.6 Å². The zero-order valence-corrected chi connectivity index (χ0v) is 13.9. The minimum Gasteiger partial charge on any atom is -0.264 e. The molecule has 19 heavy (non-hydrogen) atoms. The fourth-order valence-electron chi connectivity index (χ4n) is 2.89. The molecule has 0 aliphatic rings. The van der Waals surface area contributed by atoms with Crippen LogP contribution in [-0.4, -0.2) is 19.6 Å². The second-order valence-corrected chi connectivity index (χ2v) is 7.68. The summed E-state index contributed by atoms with van der Waals surface area (Å²) in [6.45, 7) is 13.0. The van der Waals surface area contributed by atoms with Crippen molar-refractivity contribution < 1.29 is 17.2 Å². The molecule has 0 fully saturated rings. The summed E-state index contributed by atoms with van der Waals surface area (Å²) < 4.78 is 34.9. The number of hydrogen-bond donors (Lipinski definition) is 1. The van der Waals surface area contributed by atoms with Gasteiger partial charge in [-0.2, -0.15) is 8.42 Å². The molecule has 0 spiro atoms. The van der Waals surface area contributed by atoms with Crippen molar-refractivity contribution in [2.75, 3.05) is 6.61 Å². The summed E-state index contributed by atoms with van der Waals surface area (Å²) >= 11 is 0. The molecule has 0 radical (unpaired) electrons. The Morgan fingerprint density at radius 1 is 0.895 bits per heavy atom. The van der Waals surface area contributed by atoms with Crippen LogP contribution >= 0.6 is 0 Å². The molecule has 0 rings (SSSR count). The zero-order valence-electron chi connectivity index (χ0n) is 13.1. The predicted molar refractivity (Wildman–Crippen MR) is 78.2 cm³/mol. The molecule has 2 unspecified atom stereocenters. The molecule has 116 valence electrons. The third-order valence-corrected chi connectivity index (χ3v) is 3.99. The maximum atomic E-state index is 10.8. The highest BCUT2D eigenvalue weighted by Gasteiger charge is 2.26. The standard InChI is InChI=1S/C14H30O4S/c1-10(2)7-12(5)14(9-18-19(15,16)17)13(6)8-11(3)4/h10-14H,7-9H2,1-6H3,(H,15,16,17). The van der Waals surface area contributed by atoms with Gasteiger partial charge in [0.15, 0.2) is 0 Å². The SMILES string of the molecule is CC(C)CC(C)C(COS(=O)(=O)O)C(C)CC(C)C. The number of hydrogen-bond acceptors (Lipinski definition) is 3. The van der Waals surface area contributed by atoms with Gasteiger partial charge in [-0.1, -0.05) is 41.5 Å². The van der Waals surface area contributed by atoms with Crippen molar-refractivity contribution in [1.82, 2.24) is 0 Å². The zero-order chi connectivity index (χ0) is 15.2. The van der Waals surface area contributed by atoms with E-state index in [1.54, 1.807) is 0 Å². The fourth-order valence-corrected chi connectivity index (χ4v) is 3.22. The van der Waals surface area contributed by atoms with Gasteiger partial charge in [-0.3, -0.25) is 4.55 Å². The Bertz CT molecular complexity index is 319. The Morgan fingerprint density at radius 2 is 1.26 bits per heavy atom. The molecule has 2 atom stereocenters. The second kappa shape index (κ2) is 8.22. The largest absolute Gasteiger partial charge is 0.397 e. The van der Waals surface area contributed by atoms with Crippen LogP contribution in [0.25, 0.3) is 0 Å². The maximum absolute atomic E-state index is 10.8. The molecule has 0 aromatic rings. The van der Waals surface area contributed by atoms with E-state index < -0.39 is 10.4 Å². The van der Waals surface area contributed by atoms with Gasteiger partial charge < -0.3 is 0 Å². The molecule has 4 nitrogen and oxygen atoms in total. The third-order valence-electron chi connectivity index (χ3n) is 3.56. The van der Waals surface area contributed by atoms with E-state index in [0.717, 1.165) is 12.8 Å². The van der Waals surface area contributed by atoms with Crippen LogP contribution in [0, 0.1) is 29.6 Å². The maximum Gasteiger partial charge on any atom is 0.397 e. The van der Waals surface area contributed by atoms with Crippen molar-refractivity contribution in [3.05, 3.63) is 0 Å². The van der Waals surface area contributed by atoms with Crippen molar-refractivity contribution in [2.45, 2.75) is 54.4 Å².